The number of hydrogen-bond donors (Lipinski definition) is 2. The molecule has 1 aliphatic heterocycles. The number of rotatable bonds is 5. The number of hydrogen-bond acceptors (Lipinski definition) is 3. The van der Waals surface area contributed by atoms with Gasteiger partial charge in [-0.15, -0.1) is 24.0 Å². The normalized spacial score (nSPS) is 16.8. The summed E-state index contributed by atoms with van der Waals surface area (Å²) in [7, 11) is 3.84. The molecule has 0 amide bonds. The van der Waals surface area contributed by atoms with E-state index in [4.69, 9.17) is 0 Å². The van der Waals surface area contributed by atoms with E-state index in [0.717, 1.165) is 44.1 Å². The number of guanidine groups is 1. The van der Waals surface area contributed by atoms with E-state index in [9.17, 15) is 0 Å². The van der Waals surface area contributed by atoms with Crippen LogP contribution in [-0.4, -0.2) is 48.5 Å². The lowest BCUT2D eigenvalue weighted by Gasteiger charge is -2.20. The number of aryl methyl sites for hydroxylation is 3. The molecule has 1 aromatic heterocycles. The highest BCUT2D eigenvalue weighted by Gasteiger charge is 2.23. The minimum atomic E-state index is 0. The molecule has 3 rings (SSSR count). The molecule has 1 unspecified atom stereocenters. The smallest absolute Gasteiger partial charge is 0.191 e. The second-order valence-electron chi connectivity index (χ2n) is 7.43. The summed E-state index contributed by atoms with van der Waals surface area (Å²) in [5, 5.41) is 11.5. The molecule has 7 heteroatoms. The summed E-state index contributed by atoms with van der Waals surface area (Å²) in [5.74, 6) is 0.880. The van der Waals surface area contributed by atoms with Gasteiger partial charge >= 0.3 is 0 Å². The molecule has 2 heterocycles. The maximum absolute atomic E-state index is 4.49. The van der Waals surface area contributed by atoms with Crippen LogP contribution < -0.4 is 15.5 Å². The maximum Gasteiger partial charge on any atom is 0.191 e. The molecule has 1 fully saturated rings. The van der Waals surface area contributed by atoms with Crippen LogP contribution >= 0.6 is 24.0 Å². The highest BCUT2D eigenvalue weighted by Crippen LogP contribution is 2.20. The Balaban J connectivity index is 0.00000280. The standard InChI is InChI=1S/C21H32N6.HI/c1-15-6-8-19(9-7-15)27-13-11-18(14-27)24-21(22-4)23-12-10-20-16(2)25-26(5)17(20)3;/h6-9,18H,10-14H2,1-5H3,(H2,22,23,24);1H. The molecule has 1 aliphatic rings. The molecular formula is C21H33IN6. The lowest BCUT2D eigenvalue weighted by molar-refractivity contribution is 0.648. The minimum Gasteiger partial charge on any atom is -0.369 e. The number of nitrogens with zero attached hydrogens (tertiary/aromatic N) is 4. The summed E-state index contributed by atoms with van der Waals surface area (Å²) >= 11 is 0. The lowest BCUT2D eigenvalue weighted by Crippen LogP contribution is -2.45. The van der Waals surface area contributed by atoms with Crippen molar-refractivity contribution in [2.75, 3.05) is 31.6 Å². The molecule has 0 bridgehead atoms. The van der Waals surface area contributed by atoms with Crippen molar-refractivity contribution in [1.82, 2.24) is 20.4 Å². The van der Waals surface area contributed by atoms with Crippen LogP contribution in [0.1, 0.15) is 28.9 Å². The summed E-state index contributed by atoms with van der Waals surface area (Å²) in [4.78, 5) is 6.83. The van der Waals surface area contributed by atoms with Crippen molar-refractivity contribution in [2.45, 2.75) is 39.7 Å². The first-order chi connectivity index (χ1) is 13.0. The van der Waals surface area contributed by atoms with E-state index in [-0.39, 0.29) is 24.0 Å². The van der Waals surface area contributed by atoms with Crippen molar-refractivity contribution < 1.29 is 0 Å². The lowest BCUT2D eigenvalue weighted by atomic mass is 10.1. The Hall–Kier alpha value is -1.77. The molecular weight excluding hydrogens is 463 g/mol. The van der Waals surface area contributed by atoms with Crippen LogP contribution in [0.3, 0.4) is 0 Å². The Kier molecular flexibility index (Phi) is 8.15. The summed E-state index contributed by atoms with van der Waals surface area (Å²) in [5.41, 5.74) is 6.28. The van der Waals surface area contributed by atoms with Gasteiger partial charge in [-0.1, -0.05) is 17.7 Å². The van der Waals surface area contributed by atoms with E-state index in [0.29, 0.717) is 6.04 Å². The van der Waals surface area contributed by atoms with Gasteiger partial charge in [0, 0.05) is 51.2 Å². The molecule has 0 aliphatic carbocycles. The van der Waals surface area contributed by atoms with E-state index in [2.05, 4.69) is 70.7 Å². The predicted octanol–water partition coefficient (Wildman–Crippen LogP) is 2.95. The second kappa shape index (κ2) is 10.1. The number of aromatic nitrogens is 2. The van der Waals surface area contributed by atoms with Gasteiger partial charge in [0.05, 0.1) is 5.69 Å². The van der Waals surface area contributed by atoms with Crippen LogP contribution in [-0.2, 0) is 13.5 Å². The fourth-order valence-electron chi connectivity index (χ4n) is 3.74. The van der Waals surface area contributed by atoms with Gasteiger partial charge in [-0.2, -0.15) is 5.10 Å². The highest BCUT2D eigenvalue weighted by molar-refractivity contribution is 14.0. The summed E-state index contributed by atoms with van der Waals surface area (Å²) in [6, 6.07) is 9.20. The van der Waals surface area contributed by atoms with Crippen LogP contribution in [0.5, 0.6) is 0 Å². The topological polar surface area (TPSA) is 57.5 Å². The van der Waals surface area contributed by atoms with Crippen molar-refractivity contribution in [1.29, 1.82) is 0 Å². The maximum atomic E-state index is 4.49. The molecule has 154 valence electrons. The second-order valence-corrected chi connectivity index (χ2v) is 7.43. The third-order valence-electron chi connectivity index (χ3n) is 5.48. The minimum absolute atomic E-state index is 0. The first kappa shape index (κ1) is 22.5. The molecule has 1 aromatic carbocycles. The summed E-state index contributed by atoms with van der Waals surface area (Å²) in [6.07, 6.45) is 2.07. The SMILES string of the molecule is CN=C(NCCc1c(C)nn(C)c1C)NC1CCN(c2ccc(C)cc2)C1.I. The summed E-state index contributed by atoms with van der Waals surface area (Å²) < 4.78 is 1.95. The highest BCUT2D eigenvalue weighted by atomic mass is 127. The van der Waals surface area contributed by atoms with Crippen LogP contribution in [0.15, 0.2) is 29.3 Å². The van der Waals surface area contributed by atoms with E-state index in [1.54, 1.807) is 0 Å². The molecule has 0 spiro atoms. The first-order valence-electron chi connectivity index (χ1n) is 9.75. The van der Waals surface area contributed by atoms with Gasteiger partial charge in [0.1, 0.15) is 0 Å². The van der Waals surface area contributed by atoms with E-state index >= 15 is 0 Å². The largest absolute Gasteiger partial charge is 0.369 e. The predicted molar refractivity (Wildman–Crippen MR) is 128 cm³/mol. The Morgan fingerprint density at radius 2 is 1.93 bits per heavy atom. The van der Waals surface area contributed by atoms with Gasteiger partial charge in [-0.05, 0) is 51.3 Å². The Labute approximate surface area is 185 Å². The van der Waals surface area contributed by atoms with Crippen molar-refractivity contribution in [2.24, 2.45) is 12.0 Å². The fourth-order valence-corrected chi connectivity index (χ4v) is 3.74. The molecule has 6 nitrogen and oxygen atoms in total. The van der Waals surface area contributed by atoms with Gasteiger partial charge < -0.3 is 15.5 Å². The van der Waals surface area contributed by atoms with Gasteiger partial charge in [0.15, 0.2) is 5.96 Å². The first-order valence-corrected chi connectivity index (χ1v) is 9.75. The molecule has 2 N–H and O–H groups in total. The molecule has 0 radical (unpaired) electrons. The van der Waals surface area contributed by atoms with E-state index in [1.807, 2.05) is 18.8 Å². The number of benzene rings is 1. The Morgan fingerprint density at radius 3 is 2.54 bits per heavy atom. The molecule has 1 saturated heterocycles. The average molecular weight is 496 g/mol. The van der Waals surface area contributed by atoms with Gasteiger partial charge in [-0.3, -0.25) is 9.67 Å². The van der Waals surface area contributed by atoms with Crippen molar-refractivity contribution in [3.8, 4) is 0 Å². The number of nitrogens with one attached hydrogen (secondary N) is 2. The van der Waals surface area contributed by atoms with Crippen LogP contribution in [0.25, 0.3) is 0 Å². The molecule has 28 heavy (non-hydrogen) atoms. The third-order valence-corrected chi connectivity index (χ3v) is 5.48. The van der Waals surface area contributed by atoms with Crippen LogP contribution in [0, 0.1) is 20.8 Å². The number of aliphatic imine (C=N–C) groups is 1. The van der Waals surface area contributed by atoms with Gasteiger partial charge in [0.25, 0.3) is 0 Å². The zero-order valence-electron chi connectivity index (χ0n) is 17.6. The van der Waals surface area contributed by atoms with Gasteiger partial charge in [0.2, 0.25) is 0 Å². The number of halogens is 1. The average Bonchev–Trinajstić information content (AvgIpc) is 3.21. The van der Waals surface area contributed by atoms with E-state index < -0.39 is 0 Å². The quantitative estimate of drug-likeness (QED) is 0.380. The fraction of sp³-hybridized carbons (Fsp3) is 0.524. The van der Waals surface area contributed by atoms with E-state index in [1.165, 1.54) is 22.5 Å². The van der Waals surface area contributed by atoms with Crippen molar-refractivity contribution >= 4 is 35.6 Å². The summed E-state index contributed by atoms with van der Waals surface area (Å²) in [6.45, 7) is 9.26. The van der Waals surface area contributed by atoms with Crippen molar-refractivity contribution in [3.05, 3.63) is 46.8 Å². The zero-order valence-corrected chi connectivity index (χ0v) is 19.9. The van der Waals surface area contributed by atoms with Crippen molar-refractivity contribution in [3.63, 3.8) is 0 Å². The molecule has 2 aromatic rings. The molecule has 1 atom stereocenters. The number of anilines is 1. The molecule has 0 saturated carbocycles. The Morgan fingerprint density at radius 1 is 1.21 bits per heavy atom. The zero-order chi connectivity index (χ0) is 19.4. The van der Waals surface area contributed by atoms with Gasteiger partial charge in [-0.25, -0.2) is 0 Å². The monoisotopic (exact) mass is 496 g/mol. The van der Waals surface area contributed by atoms with Crippen LogP contribution in [0.2, 0.25) is 0 Å². The van der Waals surface area contributed by atoms with Crippen LogP contribution in [0.4, 0.5) is 5.69 Å². The third kappa shape index (κ3) is 5.40. The Bertz CT molecular complexity index is 796.